The second-order valence-corrected chi connectivity index (χ2v) is 13.2. The van der Waals surface area contributed by atoms with Crippen LogP contribution < -0.4 is 9.25 Å². The van der Waals surface area contributed by atoms with Gasteiger partial charge in [0.15, 0.2) is 5.52 Å². The summed E-state index contributed by atoms with van der Waals surface area (Å²) in [5.41, 5.74) is 13.1. The summed E-state index contributed by atoms with van der Waals surface area (Å²) in [5, 5.41) is 5.14. The van der Waals surface area contributed by atoms with Crippen LogP contribution in [0.3, 0.4) is 0 Å². The van der Waals surface area contributed by atoms with E-state index in [2.05, 4.69) is 174 Å². The van der Waals surface area contributed by atoms with Crippen molar-refractivity contribution in [3.63, 3.8) is 0 Å². The molecule has 0 aliphatic carbocycles. The second-order valence-electron chi connectivity index (χ2n) is 13.2. The summed E-state index contributed by atoms with van der Waals surface area (Å²) in [6.45, 7) is 0. The average molecular weight is 601 g/mol. The monoisotopic (exact) mass is 600 g/mol. The van der Waals surface area contributed by atoms with Gasteiger partial charge in [0.25, 0.3) is 5.82 Å². The summed E-state index contributed by atoms with van der Waals surface area (Å²) in [4.78, 5) is 0. The van der Waals surface area contributed by atoms with Gasteiger partial charge in [-0.05, 0) is 66.7 Å². The van der Waals surface area contributed by atoms with Gasteiger partial charge in [0.2, 0.25) is 6.20 Å². The van der Waals surface area contributed by atoms with E-state index in [4.69, 9.17) is 0 Å². The number of nitrogens with zero attached hydrogens (tertiary/aromatic N) is 6. The number of rotatable bonds is 1. The molecule has 10 aromatic rings. The van der Waals surface area contributed by atoms with Gasteiger partial charge < -0.3 is 8.97 Å². The number of aromatic nitrogens is 6. The van der Waals surface area contributed by atoms with Crippen LogP contribution in [0.1, 0.15) is 11.1 Å². The topological polar surface area (TPSA) is 27.0 Å². The quantitative estimate of drug-likeness (QED) is 0.176. The lowest BCUT2D eigenvalue weighted by atomic mass is 9.82. The zero-order chi connectivity index (χ0) is 30.2. The number of hydrogen-bond donors (Lipinski definition) is 0. The van der Waals surface area contributed by atoms with Gasteiger partial charge in [-0.3, -0.25) is 0 Å². The first kappa shape index (κ1) is 23.0. The number of para-hydroxylation sites is 2. The zero-order valence-electron chi connectivity index (χ0n) is 25.0. The standard InChI is InChI=1S/C41H24N6/c1-3-12-32-28(10-1)30-15-17-34-37-39(30)46(32)35-18-16-31-29-11-2-4-13-33(29)47-36-14-6-8-20-43(36)41(37,38(35)40(31)47)45-24-26(23-44(34)45)25-21-27-9-5-7-19-42(27)22-25/h1-24H/q+2. The van der Waals surface area contributed by atoms with Gasteiger partial charge in [-0.15, -0.1) is 4.68 Å². The Morgan fingerprint density at radius 3 is 2.09 bits per heavy atom. The van der Waals surface area contributed by atoms with Crippen molar-refractivity contribution >= 4 is 49.1 Å². The molecule has 0 N–H and O–H groups in total. The Kier molecular flexibility index (Phi) is 3.60. The van der Waals surface area contributed by atoms with E-state index < -0.39 is 5.66 Å². The summed E-state index contributed by atoms with van der Waals surface area (Å²) in [7, 11) is 0. The predicted molar refractivity (Wildman–Crippen MR) is 183 cm³/mol. The number of fused-ring (bicyclic) bond motifs is 12. The SMILES string of the molecule is c1cc[n+]2c(c1)-n1c3ccccc3c3ccc4c(c31)C21c2c(ccc3c5ccccc5n-4c23)-n2cc(-c3cc4ccccn4c3)c[n+]21. The van der Waals surface area contributed by atoms with Crippen LogP contribution in [-0.4, -0.2) is 18.2 Å². The van der Waals surface area contributed by atoms with Crippen LogP contribution in [0.15, 0.2) is 146 Å². The Hall–Kier alpha value is -6.40. The highest BCUT2D eigenvalue weighted by Gasteiger charge is 2.68. The fraction of sp³-hybridized carbons (Fsp3) is 0.0244. The van der Waals surface area contributed by atoms with E-state index in [0.717, 1.165) is 5.82 Å². The molecule has 216 valence electrons. The molecule has 0 radical (unpaired) electrons. The minimum Gasteiger partial charge on any atom is -0.323 e. The maximum absolute atomic E-state index is 2.54. The molecule has 1 spiro atoms. The van der Waals surface area contributed by atoms with Gasteiger partial charge in [0.05, 0.1) is 34.7 Å². The molecule has 13 rings (SSSR count). The molecule has 4 aromatic carbocycles. The van der Waals surface area contributed by atoms with Crippen LogP contribution in [0.4, 0.5) is 0 Å². The van der Waals surface area contributed by atoms with E-state index >= 15 is 0 Å². The van der Waals surface area contributed by atoms with Crippen molar-refractivity contribution in [1.82, 2.24) is 18.2 Å². The highest BCUT2D eigenvalue weighted by Crippen LogP contribution is 2.54. The van der Waals surface area contributed by atoms with E-state index in [1.54, 1.807) is 0 Å². The minimum absolute atomic E-state index is 0.646. The first-order chi connectivity index (χ1) is 23.3. The summed E-state index contributed by atoms with van der Waals surface area (Å²) >= 11 is 0. The van der Waals surface area contributed by atoms with E-state index in [-0.39, 0.29) is 0 Å². The summed E-state index contributed by atoms with van der Waals surface area (Å²) < 4.78 is 14.7. The van der Waals surface area contributed by atoms with Crippen LogP contribution in [0.2, 0.25) is 0 Å². The van der Waals surface area contributed by atoms with Crippen molar-refractivity contribution in [2.75, 3.05) is 0 Å². The molecule has 3 aliphatic heterocycles. The molecule has 0 saturated heterocycles. The Morgan fingerprint density at radius 2 is 1.26 bits per heavy atom. The maximum atomic E-state index is 2.54. The van der Waals surface area contributed by atoms with Crippen molar-refractivity contribution < 1.29 is 9.25 Å². The normalized spacial score (nSPS) is 16.6. The zero-order valence-corrected chi connectivity index (χ0v) is 25.0. The summed E-state index contributed by atoms with van der Waals surface area (Å²) in [5.74, 6) is 1.16. The lowest BCUT2D eigenvalue weighted by Gasteiger charge is -2.33. The van der Waals surface area contributed by atoms with Crippen LogP contribution in [-0.2, 0) is 5.66 Å². The molecule has 0 saturated carbocycles. The Balaban J connectivity index is 1.30. The molecular formula is C41H24N6+2. The van der Waals surface area contributed by atoms with Crippen molar-refractivity contribution in [2.45, 2.75) is 5.66 Å². The number of pyridine rings is 2. The Labute approximate surface area is 267 Å². The minimum atomic E-state index is -0.646. The van der Waals surface area contributed by atoms with Gasteiger partial charge >= 0.3 is 5.66 Å². The molecule has 1 unspecified atom stereocenters. The highest BCUT2D eigenvalue weighted by molar-refractivity contribution is 6.16. The first-order valence-electron chi connectivity index (χ1n) is 16.2. The summed E-state index contributed by atoms with van der Waals surface area (Å²) in [6.07, 6.45) is 11.4. The van der Waals surface area contributed by atoms with Crippen molar-refractivity contribution in [1.29, 1.82) is 0 Å². The first-order valence-corrected chi connectivity index (χ1v) is 16.2. The van der Waals surface area contributed by atoms with Crippen molar-refractivity contribution in [3.05, 3.63) is 157 Å². The molecular weight excluding hydrogens is 576 g/mol. The third-order valence-electron chi connectivity index (χ3n) is 11.2. The van der Waals surface area contributed by atoms with Gasteiger partial charge in [-0.1, -0.05) is 47.1 Å². The van der Waals surface area contributed by atoms with Crippen molar-refractivity contribution in [2.24, 2.45) is 0 Å². The third-order valence-corrected chi connectivity index (χ3v) is 11.2. The molecule has 6 aromatic heterocycles. The summed E-state index contributed by atoms with van der Waals surface area (Å²) in [6, 6.07) is 42.5. The highest BCUT2D eigenvalue weighted by atomic mass is 15.5. The maximum Gasteiger partial charge on any atom is 0.394 e. The molecule has 9 heterocycles. The molecule has 6 heteroatoms. The molecule has 3 aliphatic rings. The van der Waals surface area contributed by atoms with E-state index in [9.17, 15) is 0 Å². The van der Waals surface area contributed by atoms with Crippen LogP contribution in [0.25, 0.3) is 77.4 Å². The second kappa shape index (κ2) is 7.35. The Morgan fingerprint density at radius 1 is 0.553 bits per heavy atom. The molecule has 1 atom stereocenters. The molecule has 0 amide bonds. The lowest BCUT2D eigenvalue weighted by molar-refractivity contribution is -0.993. The van der Waals surface area contributed by atoms with Crippen LogP contribution in [0.5, 0.6) is 0 Å². The smallest absolute Gasteiger partial charge is 0.323 e. The molecule has 6 nitrogen and oxygen atoms in total. The predicted octanol–water partition coefficient (Wildman–Crippen LogP) is 7.40. The number of benzene rings is 4. The fourth-order valence-corrected chi connectivity index (χ4v) is 9.46. The molecule has 0 bridgehead atoms. The van der Waals surface area contributed by atoms with E-state index in [0.29, 0.717) is 0 Å². The largest absolute Gasteiger partial charge is 0.394 e. The van der Waals surface area contributed by atoms with Crippen LogP contribution in [0, 0.1) is 0 Å². The average Bonchev–Trinajstić information content (AvgIpc) is 3.93. The van der Waals surface area contributed by atoms with Gasteiger partial charge in [-0.2, -0.15) is 9.13 Å². The third kappa shape index (κ3) is 2.31. The molecule has 47 heavy (non-hydrogen) atoms. The van der Waals surface area contributed by atoms with Gasteiger partial charge in [-0.25, -0.2) is 0 Å². The van der Waals surface area contributed by atoms with E-state index in [1.807, 2.05) is 0 Å². The van der Waals surface area contributed by atoms with Crippen LogP contribution >= 0.6 is 0 Å². The van der Waals surface area contributed by atoms with Gasteiger partial charge in [0.1, 0.15) is 22.3 Å². The van der Waals surface area contributed by atoms with Crippen molar-refractivity contribution in [3.8, 4) is 28.3 Å². The Bertz CT molecular complexity index is 3060. The van der Waals surface area contributed by atoms with Gasteiger partial charge in [0, 0.05) is 51.1 Å². The fourth-order valence-electron chi connectivity index (χ4n) is 9.46. The van der Waals surface area contributed by atoms with E-state index in [1.165, 1.54) is 82.8 Å². The number of hydrogen-bond acceptors (Lipinski definition) is 0. The molecule has 0 fully saturated rings. The lowest BCUT2D eigenvalue weighted by Crippen LogP contribution is -2.76.